The summed E-state index contributed by atoms with van der Waals surface area (Å²) in [6, 6.07) is -6.23. The molecule has 2 fully saturated rings. The average molecular weight is 718 g/mol. The second kappa shape index (κ2) is 17.2. The van der Waals surface area contributed by atoms with Crippen LogP contribution in [0.4, 0.5) is 4.79 Å². The van der Waals surface area contributed by atoms with Crippen molar-refractivity contribution in [2.45, 2.75) is 74.7 Å². The normalized spacial score (nSPS) is 28.9. The van der Waals surface area contributed by atoms with Gasteiger partial charge in [0.1, 0.15) is 36.8 Å². The molecule has 3 rings (SSSR count). The van der Waals surface area contributed by atoms with Gasteiger partial charge in [-0.2, -0.15) is 0 Å². The molecule has 0 aromatic rings. The van der Waals surface area contributed by atoms with Gasteiger partial charge in [-0.25, -0.2) is 14.6 Å². The lowest BCUT2D eigenvalue weighted by Gasteiger charge is -2.47. The second-order valence-electron chi connectivity index (χ2n) is 11.7. The molecule has 11 atom stereocenters. The molecule has 3 aliphatic rings. The lowest BCUT2D eigenvalue weighted by atomic mass is 9.94. The molecule has 0 saturated carbocycles. The van der Waals surface area contributed by atoms with E-state index in [4.69, 9.17) is 25.1 Å². The Labute approximate surface area is 284 Å². The fourth-order valence-corrected chi connectivity index (χ4v) is 5.28. The van der Waals surface area contributed by atoms with E-state index in [2.05, 4.69) is 36.9 Å². The molecule has 0 aromatic heterocycles. The molecule has 0 bridgehead atoms. The van der Waals surface area contributed by atoms with Gasteiger partial charge in [-0.1, -0.05) is 0 Å². The number of rotatable bonds is 14. The van der Waals surface area contributed by atoms with Crippen molar-refractivity contribution in [3.8, 4) is 0 Å². The van der Waals surface area contributed by atoms with E-state index in [-0.39, 0.29) is 19.0 Å². The number of guanidine groups is 1. The molecule has 280 valence electrons. The Hall–Kier alpha value is -4.84. The Morgan fingerprint density at radius 2 is 1.80 bits per heavy atom. The number of primary amides is 1. The lowest BCUT2D eigenvalue weighted by molar-refractivity contribution is -0.219. The monoisotopic (exact) mass is 717 g/mol. The highest BCUT2D eigenvalue weighted by Gasteiger charge is 2.52. The van der Waals surface area contributed by atoms with Gasteiger partial charge in [0, 0.05) is 13.6 Å². The molecule has 2 saturated heterocycles. The molecular formula is C27H43N9O14. The summed E-state index contributed by atoms with van der Waals surface area (Å²) >= 11 is 0. The standard InChI is InChI=1S/C27H43N9O14/c1-9(20(41)31-10(2)24(44)45)21(42)32-11(7-37)25(46)48-8-13-19(50-26(28)47)18(40)17(36(4)14(39)6-29-3)23(49-13)35-27-33-15-12(38)5-30-22(43)16(15)34-27/h9-13,15-19,23,29,37-38,40H,5-8H2,1-4H3,(H2,28,47)(H,30,43)(H,31,41)(H,32,42)(H,44,45)(H2,33,34,35). The van der Waals surface area contributed by atoms with Crippen LogP contribution in [0.15, 0.2) is 4.99 Å². The number of carboxylic acid groups (broad SMARTS) is 1. The molecule has 0 spiro atoms. The number of nitrogens with two attached hydrogens (primary N) is 1. The Morgan fingerprint density at radius 3 is 2.38 bits per heavy atom. The zero-order chi connectivity index (χ0) is 37.4. The fraction of sp³-hybridized carbons (Fsp3) is 0.704. The first-order valence-corrected chi connectivity index (χ1v) is 15.4. The summed E-state index contributed by atoms with van der Waals surface area (Å²) in [5.41, 5.74) is 5.24. The van der Waals surface area contributed by atoms with Crippen molar-refractivity contribution in [3.63, 3.8) is 0 Å². The highest BCUT2D eigenvalue weighted by molar-refractivity contribution is 6.02. The maximum Gasteiger partial charge on any atom is 0.404 e. The molecule has 12 N–H and O–H groups in total. The van der Waals surface area contributed by atoms with Crippen molar-refractivity contribution >= 4 is 47.6 Å². The van der Waals surface area contributed by atoms with Crippen LogP contribution in [0.5, 0.6) is 0 Å². The van der Waals surface area contributed by atoms with E-state index in [1.807, 2.05) is 0 Å². The molecule has 5 amide bonds. The van der Waals surface area contributed by atoms with E-state index in [9.17, 15) is 48.9 Å². The third-order valence-corrected chi connectivity index (χ3v) is 8.15. The van der Waals surface area contributed by atoms with Gasteiger partial charge >= 0.3 is 18.0 Å². The third-order valence-electron chi connectivity index (χ3n) is 8.15. The number of fused-ring (bicyclic) bond motifs is 1. The van der Waals surface area contributed by atoms with Gasteiger partial charge in [0.25, 0.3) is 0 Å². The van der Waals surface area contributed by atoms with Gasteiger partial charge < -0.3 is 77.2 Å². The van der Waals surface area contributed by atoms with Crippen molar-refractivity contribution in [3.05, 3.63) is 0 Å². The molecule has 0 radical (unpaired) electrons. The Balaban J connectivity index is 1.80. The van der Waals surface area contributed by atoms with Crippen molar-refractivity contribution in [1.29, 1.82) is 0 Å². The first kappa shape index (κ1) is 39.6. The van der Waals surface area contributed by atoms with Gasteiger partial charge in [-0.15, -0.1) is 0 Å². The Bertz CT molecular complexity index is 1350. The maximum atomic E-state index is 12.9. The topological polar surface area (TPSA) is 342 Å². The number of carbonyl (C=O) groups is 7. The van der Waals surface area contributed by atoms with Crippen LogP contribution in [0.2, 0.25) is 0 Å². The predicted octanol–water partition coefficient (Wildman–Crippen LogP) is -7.40. The highest BCUT2D eigenvalue weighted by Crippen LogP contribution is 2.27. The van der Waals surface area contributed by atoms with E-state index >= 15 is 0 Å². The number of hydrogen-bond donors (Lipinski definition) is 11. The number of nitrogens with zero attached hydrogens (tertiary/aromatic N) is 2. The summed E-state index contributed by atoms with van der Waals surface area (Å²) in [6.45, 7) is 0.289. The molecule has 50 heavy (non-hydrogen) atoms. The largest absolute Gasteiger partial charge is 0.480 e. The van der Waals surface area contributed by atoms with Gasteiger partial charge in [0.05, 0.1) is 25.3 Å². The molecule has 23 heteroatoms. The lowest BCUT2D eigenvalue weighted by Crippen LogP contribution is -2.70. The first-order valence-electron chi connectivity index (χ1n) is 15.4. The highest BCUT2D eigenvalue weighted by atomic mass is 16.6. The molecule has 3 aliphatic heterocycles. The van der Waals surface area contributed by atoms with Crippen LogP contribution in [0.25, 0.3) is 0 Å². The van der Waals surface area contributed by atoms with Crippen LogP contribution in [0.3, 0.4) is 0 Å². The van der Waals surface area contributed by atoms with Crippen LogP contribution in [0.1, 0.15) is 13.8 Å². The van der Waals surface area contributed by atoms with Crippen LogP contribution < -0.4 is 37.6 Å². The second-order valence-corrected chi connectivity index (χ2v) is 11.7. The number of piperidine rings is 1. The predicted molar refractivity (Wildman–Crippen MR) is 164 cm³/mol. The zero-order valence-electron chi connectivity index (χ0n) is 27.5. The number of aliphatic carboxylic acids is 1. The molecule has 0 aliphatic carbocycles. The van der Waals surface area contributed by atoms with Crippen molar-refractivity contribution in [1.82, 2.24) is 36.8 Å². The number of aliphatic hydroxyl groups is 3. The SMILES string of the molecule is CNCC(=O)N(C)C1C(NC2=NC3C(=O)NCC(O)C3N2)OC(COC(=O)C(CO)NC(=O)C(C)C(=O)NC(C)C(=O)O)C(OC(N)=O)C1O. The summed E-state index contributed by atoms with van der Waals surface area (Å²) in [5, 5.41) is 55.7. The number of aliphatic imine (C=N–C) groups is 1. The number of hydrogen-bond acceptors (Lipinski definition) is 17. The van der Waals surface area contributed by atoms with Crippen LogP contribution >= 0.6 is 0 Å². The average Bonchev–Trinajstić information content (AvgIpc) is 3.49. The molecule has 0 aromatic carbocycles. The number of aliphatic hydroxyl groups excluding tert-OH is 3. The van der Waals surface area contributed by atoms with Crippen molar-refractivity contribution < 1.29 is 68.2 Å². The van der Waals surface area contributed by atoms with Gasteiger partial charge in [0.15, 0.2) is 30.4 Å². The molecule has 11 unspecified atom stereocenters. The van der Waals surface area contributed by atoms with E-state index in [1.165, 1.54) is 21.0 Å². The summed E-state index contributed by atoms with van der Waals surface area (Å²) in [6.07, 6.45) is -8.72. The van der Waals surface area contributed by atoms with E-state index in [1.54, 1.807) is 0 Å². The number of ether oxygens (including phenoxy) is 3. The summed E-state index contributed by atoms with van der Waals surface area (Å²) < 4.78 is 16.4. The minimum absolute atomic E-state index is 0.0385. The van der Waals surface area contributed by atoms with Crippen molar-refractivity contribution in [2.24, 2.45) is 16.6 Å². The summed E-state index contributed by atoms with van der Waals surface area (Å²) in [5.74, 6) is -7.18. The first-order chi connectivity index (χ1) is 23.5. The number of likely N-dealkylation sites (N-methyl/N-ethyl adjacent to an activating group) is 2. The van der Waals surface area contributed by atoms with Gasteiger partial charge in [0.2, 0.25) is 23.6 Å². The fourth-order valence-electron chi connectivity index (χ4n) is 5.28. The third kappa shape index (κ3) is 9.44. The summed E-state index contributed by atoms with van der Waals surface area (Å²) in [4.78, 5) is 91.2. The van der Waals surface area contributed by atoms with E-state index in [0.717, 1.165) is 11.8 Å². The van der Waals surface area contributed by atoms with Crippen LogP contribution in [-0.2, 0) is 43.0 Å². The number of carboxylic acids is 1. The van der Waals surface area contributed by atoms with Crippen LogP contribution in [0, 0.1) is 5.92 Å². The zero-order valence-corrected chi connectivity index (χ0v) is 27.5. The number of nitrogens with one attached hydrogen (secondary N) is 6. The van der Waals surface area contributed by atoms with Gasteiger partial charge in [-0.05, 0) is 20.9 Å². The summed E-state index contributed by atoms with van der Waals surface area (Å²) in [7, 11) is 2.83. The van der Waals surface area contributed by atoms with E-state index < -0.39 is 122 Å². The van der Waals surface area contributed by atoms with Crippen LogP contribution in [-0.4, -0.2) is 174 Å². The Morgan fingerprint density at radius 1 is 1.14 bits per heavy atom. The number of amides is 5. The van der Waals surface area contributed by atoms with Crippen molar-refractivity contribution in [2.75, 3.05) is 40.4 Å². The molecular weight excluding hydrogens is 674 g/mol. The minimum atomic E-state index is -1.76. The molecule has 3 heterocycles. The number of β-amino-alcohol motifs (C(OH)–C–C–N with tert-alkyl or cyclic N) is 1. The quantitative estimate of drug-likeness (QED) is 0.0587. The maximum absolute atomic E-state index is 12.9. The van der Waals surface area contributed by atoms with E-state index in [0.29, 0.717) is 0 Å². The molecule has 23 nitrogen and oxygen atoms in total. The number of carbonyl (C=O) groups excluding carboxylic acids is 6. The van der Waals surface area contributed by atoms with Gasteiger partial charge in [-0.3, -0.25) is 24.0 Å². The number of esters is 1. The smallest absolute Gasteiger partial charge is 0.404 e. The Kier molecular flexibility index (Phi) is 13.6. The minimum Gasteiger partial charge on any atom is -0.480 e.